The molecule has 0 spiro atoms. The Morgan fingerprint density at radius 2 is 1.97 bits per heavy atom. The maximum absolute atomic E-state index is 14.6. The summed E-state index contributed by atoms with van der Waals surface area (Å²) in [5, 5.41) is 1.84. The molecule has 1 aromatic carbocycles. The van der Waals surface area contributed by atoms with E-state index in [0.717, 1.165) is 17.4 Å². The van der Waals surface area contributed by atoms with Crippen molar-refractivity contribution in [1.82, 2.24) is 14.5 Å². The molecule has 5 rings (SSSR count). The van der Waals surface area contributed by atoms with Crippen LogP contribution in [0, 0.1) is 0 Å². The maximum atomic E-state index is 14.6. The Morgan fingerprint density at radius 3 is 2.54 bits per heavy atom. The Labute approximate surface area is 231 Å². The van der Waals surface area contributed by atoms with E-state index < -0.39 is 23.5 Å². The number of thiophene rings is 1. The van der Waals surface area contributed by atoms with E-state index in [1.165, 1.54) is 35.6 Å². The summed E-state index contributed by atoms with van der Waals surface area (Å²) in [7, 11) is 1.52. The molecule has 0 unspecified atom stereocenters. The van der Waals surface area contributed by atoms with Crippen LogP contribution in [0.4, 0.5) is 24.7 Å². The molecular weight excluding hydrogens is 551 g/mol. The number of hydrogen-bond donors (Lipinski definition) is 1. The summed E-state index contributed by atoms with van der Waals surface area (Å²) in [6.07, 6.45) is -3.42. The number of alkyl halides is 3. The molecule has 4 heterocycles. The van der Waals surface area contributed by atoms with Gasteiger partial charge in [0.25, 0.3) is 0 Å². The molecule has 39 heavy (non-hydrogen) atoms. The second-order valence-corrected chi connectivity index (χ2v) is 11.8. The van der Waals surface area contributed by atoms with Gasteiger partial charge in [0.05, 0.1) is 23.7 Å². The minimum atomic E-state index is -4.67. The van der Waals surface area contributed by atoms with Crippen molar-refractivity contribution in [2.75, 3.05) is 43.2 Å². The first-order chi connectivity index (χ1) is 18.5. The fourth-order valence-electron chi connectivity index (χ4n) is 5.63. The number of aromatic nitrogens is 2. The first kappa shape index (κ1) is 27.5. The zero-order chi connectivity index (χ0) is 28.2. The lowest BCUT2D eigenvalue weighted by atomic mass is 10.00. The van der Waals surface area contributed by atoms with Gasteiger partial charge in [-0.15, -0.1) is 23.1 Å². The number of methoxy groups -OCH3 is 1. The van der Waals surface area contributed by atoms with E-state index in [4.69, 9.17) is 10.5 Å². The van der Waals surface area contributed by atoms with E-state index in [1.807, 2.05) is 13.8 Å². The number of anilines is 2. The first-order valence-electron chi connectivity index (χ1n) is 12.3. The summed E-state index contributed by atoms with van der Waals surface area (Å²) < 4.78 is 50.8. The van der Waals surface area contributed by atoms with Crippen molar-refractivity contribution in [2.24, 2.45) is 0 Å². The zero-order valence-electron chi connectivity index (χ0n) is 21.6. The average Bonchev–Trinajstić information content (AvgIpc) is 3.30. The molecule has 3 aromatic rings. The average molecular weight is 580 g/mol. The lowest BCUT2D eigenvalue weighted by Gasteiger charge is -2.45. The molecule has 3 atom stereocenters. The number of nitrogen functional groups attached to an aromatic ring is 1. The minimum Gasteiger partial charge on any atom is -0.398 e. The lowest BCUT2D eigenvalue weighted by molar-refractivity contribution is -0.137. The summed E-state index contributed by atoms with van der Waals surface area (Å²) >= 11 is 2.41. The number of carbonyl (C=O) groups excluding carboxylic acids is 1. The molecule has 1 saturated heterocycles. The number of rotatable bonds is 5. The Balaban J connectivity index is 1.80. The molecule has 1 fully saturated rings. The van der Waals surface area contributed by atoms with Gasteiger partial charge in [-0.1, -0.05) is 6.58 Å². The number of ether oxygens (including phenoxy) is 1. The maximum Gasteiger partial charge on any atom is 0.417 e. The van der Waals surface area contributed by atoms with Gasteiger partial charge in [0.15, 0.2) is 0 Å². The van der Waals surface area contributed by atoms with Crippen LogP contribution in [-0.4, -0.2) is 65.0 Å². The SMILES string of the molecule is C=CC(=O)N1[C@H](C)CN(c2nc(=O)n3c4c(c(-c5cc(N)cs5)c(C(F)(F)F)cc24)SC[C@@H]3COC)C[C@@H]1C. The van der Waals surface area contributed by atoms with Crippen molar-refractivity contribution in [1.29, 1.82) is 0 Å². The molecule has 2 aliphatic heterocycles. The Kier molecular flexibility index (Phi) is 7.18. The second-order valence-electron chi connectivity index (χ2n) is 9.83. The highest BCUT2D eigenvalue weighted by atomic mass is 32.2. The molecule has 8 nitrogen and oxygen atoms in total. The first-order valence-corrected chi connectivity index (χ1v) is 14.2. The van der Waals surface area contributed by atoms with Crippen molar-refractivity contribution in [3.05, 3.63) is 46.2 Å². The van der Waals surface area contributed by atoms with E-state index in [-0.39, 0.29) is 41.4 Å². The van der Waals surface area contributed by atoms with Crippen LogP contribution in [0.15, 0.2) is 39.9 Å². The summed E-state index contributed by atoms with van der Waals surface area (Å²) in [4.78, 5) is 34.6. The van der Waals surface area contributed by atoms with Gasteiger partial charge < -0.3 is 20.3 Å². The molecular formula is C26H28F3N5O3S2. The molecule has 0 bridgehead atoms. The van der Waals surface area contributed by atoms with Crippen molar-refractivity contribution < 1.29 is 22.7 Å². The Morgan fingerprint density at radius 1 is 1.28 bits per heavy atom. The number of amides is 1. The predicted molar refractivity (Wildman–Crippen MR) is 149 cm³/mol. The summed E-state index contributed by atoms with van der Waals surface area (Å²) in [5.74, 6) is 0.304. The number of nitrogens with zero attached hydrogens (tertiary/aromatic N) is 4. The molecule has 208 valence electrons. The highest BCUT2D eigenvalue weighted by Gasteiger charge is 2.40. The lowest BCUT2D eigenvalue weighted by Crippen LogP contribution is -2.58. The van der Waals surface area contributed by atoms with Crippen molar-refractivity contribution in [2.45, 2.75) is 43.0 Å². The van der Waals surface area contributed by atoms with E-state index >= 15 is 0 Å². The zero-order valence-corrected chi connectivity index (χ0v) is 23.3. The highest BCUT2D eigenvalue weighted by Crippen LogP contribution is 2.51. The fourth-order valence-corrected chi connectivity index (χ4v) is 7.88. The largest absolute Gasteiger partial charge is 0.417 e. The van der Waals surface area contributed by atoms with Crippen LogP contribution in [0.2, 0.25) is 0 Å². The van der Waals surface area contributed by atoms with Crippen molar-refractivity contribution >= 4 is 51.4 Å². The topological polar surface area (TPSA) is 93.7 Å². The number of carbonyl (C=O) groups is 1. The summed E-state index contributed by atoms with van der Waals surface area (Å²) in [5.41, 5.74) is 5.34. The molecule has 0 saturated carbocycles. The number of benzene rings is 1. The van der Waals surface area contributed by atoms with Gasteiger partial charge >= 0.3 is 11.9 Å². The van der Waals surface area contributed by atoms with Crippen LogP contribution in [0.5, 0.6) is 0 Å². The summed E-state index contributed by atoms with van der Waals surface area (Å²) in [6.45, 7) is 8.08. The van der Waals surface area contributed by atoms with Crippen LogP contribution >= 0.6 is 23.1 Å². The molecule has 2 aromatic heterocycles. The van der Waals surface area contributed by atoms with E-state index in [2.05, 4.69) is 11.6 Å². The monoisotopic (exact) mass is 579 g/mol. The Bertz CT molecular complexity index is 1510. The molecule has 1 amide bonds. The Hall–Kier alpha value is -3.03. The fraction of sp³-hybridized carbons (Fsp3) is 0.423. The van der Waals surface area contributed by atoms with Crippen LogP contribution < -0.4 is 16.3 Å². The van der Waals surface area contributed by atoms with E-state index in [9.17, 15) is 22.8 Å². The highest BCUT2D eigenvalue weighted by molar-refractivity contribution is 7.99. The standard InChI is InChI=1S/C26H28F3N5O3S2/c1-5-20(35)33-13(2)8-32(9-14(33)3)24-17-7-18(26(27,28)29)21(19-6-15(30)11-38-19)23-22(17)34(25(36)31-24)16(10-37-4)12-39-23/h5-7,11,13-14,16H,1,8-10,12,30H2,2-4H3/t13-,14+,16-/m0/s1. The quantitative estimate of drug-likeness (QED) is 0.441. The van der Waals surface area contributed by atoms with Crippen LogP contribution in [0.25, 0.3) is 21.3 Å². The molecule has 2 aliphatic rings. The van der Waals surface area contributed by atoms with Gasteiger partial charge in [-0.3, -0.25) is 9.36 Å². The second kappa shape index (κ2) is 10.2. The van der Waals surface area contributed by atoms with Gasteiger partial charge in [-0.2, -0.15) is 18.2 Å². The van der Waals surface area contributed by atoms with Gasteiger partial charge in [0.1, 0.15) is 5.82 Å². The summed E-state index contributed by atoms with van der Waals surface area (Å²) in [6, 6.07) is 1.67. The third-order valence-electron chi connectivity index (χ3n) is 7.11. The van der Waals surface area contributed by atoms with Gasteiger partial charge in [0.2, 0.25) is 5.91 Å². The van der Waals surface area contributed by atoms with E-state index in [0.29, 0.717) is 39.8 Å². The molecule has 0 radical (unpaired) electrons. The van der Waals surface area contributed by atoms with Crippen LogP contribution in [-0.2, 0) is 15.7 Å². The minimum absolute atomic E-state index is 0.0194. The van der Waals surface area contributed by atoms with Crippen molar-refractivity contribution in [3.63, 3.8) is 0 Å². The van der Waals surface area contributed by atoms with Gasteiger partial charge in [0, 0.05) is 69.8 Å². The van der Waals surface area contributed by atoms with Gasteiger partial charge in [-0.05, 0) is 32.1 Å². The molecule has 2 N–H and O–H groups in total. The number of thioether (sulfide) groups is 1. The predicted octanol–water partition coefficient (Wildman–Crippen LogP) is 4.63. The smallest absolute Gasteiger partial charge is 0.398 e. The number of halogens is 3. The number of hydrogen-bond acceptors (Lipinski definition) is 8. The van der Waals surface area contributed by atoms with Crippen LogP contribution in [0.1, 0.15) is 25.5 Å². The normalized spacial score (nSPS) is 21.4. The molecule has 0 aliphatic carbocycles. The third-order valence-corrected chi connectivity index (χ3v) is 9.31. The van der Waals surface area contributed by atoms with Gasteiger partial charge in [-0.25, -0.2) is 4.79 Å². The molecule has 13 heteroatoms. The number of piperazine rings is 1. The van der Waals surface area contributed by atoms with Crippen LogP contribution in [0.3, 0.4) is 0 Å². The van der Waals surface area contributed by atoms with Crippen molar-refractivity contribution in [3.8, 4) is 10.4 Å². The van der Waals surface area contributed by atoms with E-state index in [1.54, 1.807) is 15.2 Å². The number of nitrogens with two attached hydrogens (primary N) is 1. The third kappa shape index (κ3) is 4.70.